The van der Waals surface area contributed by atoms with Crippen molar-refractivity contribution in [3.63, 3.8) is 0 Å². The van der Waals surface area contributed by atoms with Gasteiger partial charge in [-0.2, -0.15) is 0 Å². The SMILES string of the molecule is COCCCn1c([C@@H]2CCCN(C(=O)CC(C)NC(=O)O)C2)nc2ccccc21. The number of hydrogen-bond donors (Lipinski definition) is 2. The first-order valence-corrected chi connectivity index (χ1v) is 10.2. The van der Waals surface area contributed by atoms with Crippen molar-refractivity contribution in [1.29, 1.82) is 0 Å². The third kappa shape index (κ3) is 5.26. The van der Waals surface area contributed by atoms with Crippen LogP contribution in [0.5, 0.6) is 0 Å². The molecule has 29 heavy (non-hydrogen) atoms. The van der Waals surface area contributed by atoms with Crippen LogP contribution in [0.2, 0.25) is 0 Å². The van der Waals surface area contributed by atoms with Crippen molar-refractivity contribution in [2.75, 3.05) is 26.8 Å². The van der Waals surface area contributed by atoms with E-state index in [1.165, 1.54) is 0 Å². The Balaban J connectivity index is 1.76. The molecule has 2 N–H and O–H groups in total. The van der Waals surface area contributed by atoms with E-state index in [0.29, 0.717) is 19.7 Å². The summed E-state index contributed by atoms with van der Waals surface area (Å²) in [5, 5.41) is 11.2. The van der Waals surface area contributed by atoms with Gasteiger partial charge in [0.05, 0.1) is 11.0 Å². The molecular weight excluding hydrogens is 372 g/mol. The molecule has 8 nitrogen and oxygen atoms in total. The Morgan fingerprint density at radius 2 is 2.17 bits per heavy atom. The number of carbonyl (C=O) groups excluding carboxylic acids is 1. The fraction of sp³-hybridized carbons (Fsp3) is 0.571. The van der Waals surface area contributed by atoms with Crippen molar-refractivity contribution >= 4 is 23.0 Å². The second-order valence-corrected chi connectivity index (χ2v) is 7.69. The number of ether oxygens (including phenoxy) is 1. The molecule has 0 aliphatic carbocycles. The molecule has 1 aromatic carbocycles. The number of amides is 2. The summed E-state index contributed by atoms with van der Waals surface area (Å²) in [7, 11) is 1.71. The Labute approximate surface area is 170 Å². The zero-order valence-electron chi connectivity index (χ0n) is 17.1. The summed E-state index contributed by atoms with van der Waals surface area (Å²) >= 11 is 0. The number of hydrogen-bond acceptors (Lipinski definition) is 4. The maximum Gasteiger partial charge on any atom is 0.404 e. The van der Waals surface area contributed by atoms with Crippen LogP contribution in [0.3, 0.4) is 0 Å². The summed E-state index contributed by atoms with van der Waals surface area (Å²) < 4.78 is 7.48. The maximum atomic E-state index is 12.7. The Bertz CT molecular complexity index is 850. The van der Waals surface area contributed by atoms with E-state index in [2.05, 4.69) is 16.0 Å². The van der Waals surface area contributed by atoms with Gasteiger partial charge in [0.25, 0.3) is 0 Å². The monoisotopic (exact) mass is 402 g/mol. The molecule has 8 heteroatoms. The van der Waals surface area contributed by atoms with Gasteiger partial charge in [0.1, 0.15) is 5.82 Å². The summed E-state index contributed by atoms with van der Waals surface area (Å²) in [6, 6.07) is 7.72. The zero-order valence-corrected chi connectivity index (χ0v) is 17.1. The Morgan fingerprint density at radius 1 is 1.38 bits per heavy atom. The number of fused-ring (bicyclic) bond motifs is 1. The molecule has 1 unspecified atom stereocenters. The van der Waals surface area contributed by atoms with E-state index < -0.39 is 12.1 Å². The summed E-state index contributed by atoms with van der Waals surface area (Å²) in [6.45, 7) is 4.55. The molecular formula is C21H30N4O4. The quantitative estimate of drug-likeness (QED) is 0.662. The van der Waals surface area contributed by atoms with Crippen LogP contribution in [0.15, 0.2) is 24.3 Å². The van der Waals surface area contributed by atoms with Crippen molar-refractivity contribution in [1.82, 2.24) is 19.8 Å². The predicted octanol–water partition coefficient (Wildman–Crippen LogP) is 2.83. The zero-order chi connectivity index (χ0) is 20.8. The number of piperidine rings is 1. The van der Waals surface area contributed by atoms with Crippen LogP contribution >= 0.6 is 0 Å². The predicted molar refractivity (Wildman–Crippen MR) is 110 cm³/mol. The highest BCUT2D eigenvalue weighted by Gasteiger charge is 2.29. The van der Waals surface area contributed by atoms with Crippen molar-refractivity contribution in [2.24, 2.45) is 0 Å². The third-order valence-electron chi connectivity index (χ3n) is 5.40. The first-order valence-electron chi connectivity index (χ1n) is 10.2. The molecule has 1 saturated heterocycles. The maximum absolute atomic E-state index is 12.7. The Hall–Kier alpha value is -2.61. The molecule has 1 aromatic heterocycles. The van der Waals surface area contributed by atoms with Crippen molar-refractivity contribution in [3.05, 3.63) is 30.1 Å². The molecule has 3 rings (SSSR count). The average molecular weight is 402 g/mol. The van der Waals surface area contributed by atoms with E-state index in [-0.39, 0.29) is 18.2 Å². The van der Waals surface area contributed by atoms with Crippen LogP contribution in [0.4, 0.5) is 4.79 Å². The van der Waals surface area contributed by atoms with Gasteiger partial charge < -0.3 is 24.6 Å². The molecule has 2 amide bonds. The number of para-hydroxylation sites is 2. The summed E-state index contributed by atoms with van der Waals surface area (Å²) in [6.07, 6.45) is 1.87. The molecule has 0 saturated carbocycles. The van der Waals surface area contributed by atoms with E-state index in [0.717, 1.165) is 42.7 Å². The lowest BCUT2D eigenvalue weighted by Crippen LogP contribution is -2.43. The van der Waals surface area contributed by atoms with Gasteiger partial charge in [-0.25, -0.2) is 9.78 Å². The van der Waals surface area contributed by atoms with Crippen molar-refractivity contribution in [2.45, 2.75) is 51.1 Å². The normalized spacial score (nSPS) is 18.0. The molecule has 2 atom stereocenters. The number of rotatable bonds is 8. The lowest BCUT2D eigenvalue weighted by atomic mass is 9.96. The van der Waals surface area contributed by atoms with Crippen LogP contribution in [-0.4, -0.2) is 64.4 Å². The van der Waals surface area contributed by atoms with Gasteiger partial charge in [-0.05, 0) is 38.3 Å². The van der Waals surface area contributed by atoms with Gasteiger partial charge in [0.15, 0.2) is 0 Å². The van der Waals surface area contributed by atoms with E-state index in [9.17, 15) is 9.59 Å². The van der Waals surface area contributed by atoms with E-state index in [4.69, 9.17) is 14.8 Å². The molecule has 0 radical (unpaired) electrons. The average Bonchev–Trinajstić information content (AvgIpc) is 3.06. The number of imidazole rings is 1. The van der Waals surface area contributed by atoms with Crippen LogP contribution < -0.4 is 5.32 Å². The van der Waals surface area contributed by atoms with Crippen LogP contribution in [0.25, 0.3) is 11.0 Å². The van der Waals surface area contributed by atoms with Gasteiger partial charge in [-0.15, -0.1) is 0 Å². The smallest absolute Gasteiger partial charge is 0.404 e. The molecule has 1 aliphatic rings. The fourth-order valence-electron chi connectivity index (χ4n) is 4.08. The molecule has 1 fully saturated rings. The Morgan fingerprint density at radius 3 is 2.93 bits per heavy atom. The number of benzene rings is 1. The van der Waals surface area contributed by atoms with Gasteiger partial charge in [-0.1, -0.05) is 12.1 Å². The number of carbonyl (C=O) groups is 2. The minimum Gasteiger partial charge on any atom is -0.465 e. The largest absolute Gasteiger partial charge is 0.465 e. The number of aryl methyl sites for hydroxylation is 1. The molecule has 158 valence electrons. The molecule has 2 heterocycles. The van der Waals surface area contributed by atoms with Gasteiger partial charge in [-0.3, -0.25) is 4.79 Å². The number of nitrogens with zero attached hydrogens (tertiary/aromatic N) is 3. The lowest BCUT2D eigenvalue weighted by Gasteiger charge is -2.33. The highest BCUT2D eigenvalue weighted by atomic mass is 16.5. The summed E-state index contributed by atoms with van der Waals surface area (Å²) in [4.78, 5) is 30.2. The van der Waals surface area contributed by atoms with Crippen molar-refractivity contribution < 1.29 is 19.4 Å². The molecule has 2 aromatic rings. The van der Waals surface area contributed by atoms with Crippen LogP contribution in [0.1, 0.15) is 44.3 Å². The molecule has 0 bridgehead atoms. The second-order valence-electron chi connectivity index (χ2n) is 7.69. The van der Waals surface area contributed by atoms with Crippen LogP contribution in [-0.2, 0) is 16.1 Å². The van der Waals surface area contributed by atoms with E-state index in [1.807, 2.05) is 23.1 Å². The number of nitrogens with one attached hydrogen (secondary N) is 1. The van der Waals surface area contributed by atoms with Gasteiger partial charge >= 0.3 is 6.09 Å². The first kappa shape index (κ1) is 21.1. The topological polar surface area (TPSA) is 96.7 Å². The van der Waals surface area contributed by atoms with Crippen LogP contribution in [0, 0.1) is 0 Å². The minimum absolute atomic E-state index is 0.0157. The third-order valence-corrected chi connectivity index (χ3v) is 5.40. The highest BCUT2D eigenvalue weighted by molar-refractivity contribution is 5.78. The fourth-order valence-corrected chi connectivity index (χ4v) is 4.08. The minimum atomic E-state index is -1.11. The number of carboxylic acid groups (broad SMARTS) is 1. The lowest BCUT2D eigenvalue weighted by molar-refractivity contribution is -0.132. The van der Waals surface area contributed by atoms with Gasteiger partial charge in [0, 0.05) is 51.7 Å². The van der Waals surface area contributed by atoms with E-state index in [1.54, 1.807) is 14.0 Å². The first-order chi connectivity index (χ1) is 14.0. The molecule has 1 aliphatic heterocycles. The second kappa shape index (κ2) is 9.73. The highest BCUT2D eigenvalue weighted by Crippen LogP contribution is 2.30. The van der Waals surface area contributed by atoms with Gasteiger partial charge in [0.2, 0.25) is 5.91 Å². The standard InChI is InChI=1S/C21H30N4O4/c1-15(22-21(27)28)13-19(26)24-10-5-7-16(14-24)20-23-17-8-3-4-9-18(17)25(20)11-6-12-29-2/h3-4,8-9,15-16,22H,5-7,10-14H2,1-2H3,(H,27,28)/t15?,16-/m1/s1. The Kier molecular flexibility index (Phi) is 7.09. The summed E-state index contributed by atoms with van der Waals surface area (Å²) in [5.74, 6) is 1.18. The summed E-state index contributed by atoms with van der Waals surface area (Å²) in [5.41, 5.74) is 2.09. The number of methoxy groups -OCH3 is 1. The number of likely N-dealkylation sites (tertiary alicyclic amines) is 1. The van der Waals surface area contributed by atoms with Crippen molar-refractivity contribution in [3.8, 4) is 0 Å². The molecule has 0 spiro atoms. The van der Waals surface area contributed by atoms with E-state index >= 15 is 0 Å². The number of aromatic nitrogens is 2.